The predicted octanol–water partition coefficient (Wildman–Crippen LogP) is 2.03. The Morgan fingerprint density at radius 2 is 1.71 bits per heavy atom. The van der Waals surface area contributed by atoms with Crippen molar-refractivity contribution in [3.8, 4) is 0 Å². The summed E-state index contributed by atoms with van der Waals surface area (Å²) < 4.78 is 22.5. The maximum absolute atomic E-state index is 12.3. The van der Waals surface area contributed by atoms with Crippen LogP contribution in [0.1, 0.15) is 16.1 Å². The Morgan fingerprint density at radius 1 is 1.00 bits per heavy atom. The van der Waals surface area contributed by atoms with E-state index in [9.17, 15) is 13.2 Å². The van der Waals surface area contributed by atoms with Crippen LogP contribution in [0.5, 0.6) is 0 Å². The highest BCUT2D eigenvalue weighted by atomic mass is 32.2. The van der Waals surface area contributed by atoms with Gasteiger partial charge < -0.3 is 10.6 Å². The maximum atomic E-state index is 12.3. The Morgan fingerprint density at radius 3 is 2.39 bits per heavy atom. The van der Waals surface area contributed by atoms with E-state index < -0.39 is 10.0 Å². The molecule has 28 heavy (non-hydrogen) atoms. The highest BCUT2D eigenvalue weighted by Crippen LogP contribution is 2.11. The van der Waals surface area contributed by atoms with E-state index >= 15 is 0 Å². The molecule has 1 aromatic heterocycles. The predicted molar refractivity (Wildman–Crippen MR) is 106 cm³/mol. The number of primary sulfonamides is 1. The van der Waals surface area contributed by atoms with E-state index in [1.807, 2.05) is 18.2 Å². The minimum atomic E-state index is -3.69. The van der Waals surface area contributed by atoms with Gasteiger partial charge in [0.05, 0.1) is 4.90 Å². The third kappa shape index (κ3) is 5.35. The normalized spacial score (nSPS) is 11.0. The molecule has 4 N–H and O–H groups in total. The summed E-state index contributed by atoms with van der Waals surface area (Å²) in [5.41, 5.74) is 1.87. The number of rotatable bonds is 7. The first kappa shape index (κ1) is 19.5. The Balaban J connectivity index is 1.56. The molecule has 1 amide bonds. The number of para-hydroxylation sites is 1. The topological polar surface area (TPSA) is 127 Å². The summed E-state index contributed by atoms with van der Waals surface area (Å²) in [6, 6.07) is 17.0. The molecule has 0 bridgehead atoms. The van der Waals surface area contributed by atoms with Gasteiger partial charge in [-0.3, -0.25) is 4.79 Å². The average Bonchev–Trinajstić information content (AvgIpc) is 2.69. The van der Waals surface area contributed by atoms with Gasteiger partial charge in [-0.2, -0.15) is 0 Å². The van der Waals surface area contributed by atoms with Gasteiger partial charge in [-0.15, -0.1) is 0 Å². The molecule has 1 heterocycles. The standard InChI is InChI=1S/C19H19N5O3S/c20-28(26,27)16-8-6-14(7-9-16)10-11-21-18-12-17(22-13-23-18)19(25)24-15-4-2-1-3-5-15/h1-9,12-13H,10-11H2,(H,24,25)(H2,20,26,27)(H,21,22,23). The lowest BCUT2D eigenvalue weighted by Gasteiger charge is -2.08. The average molecular weight is 397 g/mol. The summed E-state index contributed by atoms with van der Waals surface area (Å²) in [6.07, 6.45) is 1.96. The molecule has 3 aromatic rings. The number of hydrogen-bond donors (Lipinski definition) is 3. The first-order valence-corrected chi connectivity index (χ1v) is 10.0. The highest BCUT2D eigenvalue weighted by Gasteiger charge is 2.09. The van der Waals surface area contributed by atoms with Crippen LogP contribution in [0.3, 0.4) is 0 Å². The smallest absolute Gasteiger partial charge is 0.274 e. The molecular formula is C19H19N5O3S. The molecule has 9 heteroatoms. The van der Waals surface area contributed by atoms with E-state index in [0.717, 1.165) is 5.56 Å². The van der Waals surface area contributed by atoms with Crippen LogP contribution in [0.15, 0.2) is 71.9 Å². The molecule has 0 aliphatic rings. The molecule has 0 unspecified atom stereocenters. The Hall–Kier alpha value is -3.30. The molecule has 2 aromatic carbocycles. The van der Waals surface area contributed by atoms with Gasteiger partial charge in [-0.1, -0.05) is 30.3 Å². The van der Waals surface area contributed by atoms with Crippen molar-refractivity contribution in [2.75, 3.05) is 17.2 Å². The van der Waals surface area contributed by atoms with Crippen molar-refractivity contribution in [2.45, 2.75) is 11.3 Å². The number of aromatic nitrogens is 2. The number of nitrogens with one attached hydrogen (secondary N) is 2. The van der Waals surface area contributed by atoms with Crippen molar-refractivity contribution in [2.24, 2.45) is 5.14 Å². The van der Waals surface area contributed by atoms with Crippen LogP contribution in [-0.4, -0.2) is 30.8 Å². The van der Waals surface area contributed by atoms with E-state index in [0.29, 0.717) is 24.5 Å². The molecule has 0 fully saturated rings. The number of benzene rings is 2. The lowest BCUT2D eigenvalue weighted by atomic mass is 10.1. The van der Waals surface area contributed by atoms with Gasteiger partial charge in [0.2, 0.25) is 10.0 Å². The van der Waals surface area contributed by atoms with Crippen molar-refractivity contribution in [3.05, 3.63) is 78.2 Å². The SMILES string of the molecule is NS(=O)(=O)c1ccc(CCNc2cc(C(=O)Nc3ccccc3)ncn2)cc1. The van der Waals surface area contributed by atoms with Gasteiger partial charge in [0.1, 0.15) is 17.8 Å². The highest BCUT2D eigenvalue weighted by molar-refractivity contribution is 7.89. The molecule has 0 saturated heterocycles. The summed E-state index contributed by atoms with van der Waals surface area (Å²) in [5.74, 6) is 0.199. The summed E-state index contributed by atoms with van der Waals surface area (Å²) >= 11 is 0. The zero-order valence-corrected chi connectivity index (χ0v) is 15.7. The van der Waals surface area contributed by atoms with Crippen LogP contribution in [0.4, 0.5) is 11.5 Å². The number of sulfonamides is 1. The van der Waals surface area contributed by atoms with Crippen LogP contribution < -0.4 is 15.8 Å². The van der Waals surface area contributed by atoms with E-state index in [1.165, 1.54) is 18.5 Å². The van der Waals surface area contributed by atoms with Crippen LogP contribution in [0.2, 0.25) is 0 Å². The van der Waals surface area contributed by atoms with E-state index in [1.54, 1.807) is 30.3 Å². The van der Waals surface area contributed by atoms with Crippen LogP contribution in [0.25, 0.3) is 0 Å². The van der Waals surface area contributed by atoms with Gasteiger partial charge >= 0.3 is 0 Å². The summed E-state index contributed by atoms with van der Waals surface area (Å²) in [5, 5.41) is 11.0. The fourth-order valence-electron chi connectivity index (χ4n) is 2.48. The molecule has 0 saturated carbocycles. The number of anilines is 2. The minimum absolute atomic E-state index is 0.0779. The van der Waals surface area contributed by atoms with Crippen molar-refractivity contribution in [1.82, 2.24) is 9.97 Å². The lowest BCUT2D eigenvalue weighted by molar-refractivity contribution is 0.102. The van der Waals surface area contributed by atoms with Crippen LogP contribution >= 0.6 is 0 Å². The van der Waals surface area contributed by atoms with Gasteiger partial charge in [0.15, 0.2) is 0 Å². The molecular weight excluding hydrogens is 378 g/mol. The van der Waals surface area contributed by atoms with Crippen molar-refractivity contribution in [1.29, 1.82) is 0 Å². The molecule has 0 aliphatic carbocycles. The third-order valence-electron chi connectivity index (χ3n) is 3.90. The van der Waals surface area contributed by atoms with Gasteiger partial charge in [0, 0.05) is 18.3 Å². The molecule has 0 aliphatic heterocycles. The third-order valence-corrected chi connectivity index (χ3v) is 4.83. The van der Waals surface area contributed by atoms with Crippen molar-refractivity contribution in [3.63, 3.8) is 0 Å². The largest absolute Gasteiger partial charge is 0.370 e. The van der Waals surface area contributed by atoms with Gasteiger partial charge in [-0.05, 0) is 36.2 Å². The second-order valence-electron chi connectivity index (χ2n) is 5.97. The molecule has 0 spiro atoms. The van der Waals surface area contributed by atoms with Gasteiger partial charge in [0.25, 0.3) is 5.91 Å². The minimum Gasteiger partial charge on any atom is -0.370 e. The molecule has 0 atom stereocenters. The Labute approximate surface area is 162 Å². The summed E-state index contributed by atoms with van der Waals surface area (Å²) in [6.45, 7) is 0.547. The Kier molecular flexibility index (Phi) is 5.97. The molecule has 3 rings (SSSR count). The van der Waals surface area contributed by atoms with E-state index in [-0.39, 0.29) is 16.5 Å². The van der Waals surface area contributed by atoms with Crippen molar-refractivity contribution < 1.29 is 13.2 Å². The first-order valence-electron chi connectivity index (χ1n) is 8.46. The summed E-state index contributed by atoms with van der Waals surface area (Å²) in [7, 11) is -3.69. The van der Waals surface area contributed by atoms with E-state index in [4.69, 9.17) is 5.14 Å². The van der Waals surface area contributed by atoms with Crippen LogP contribution in [0, 0.1) is 0 Å². The van der Waals surface area contributed by atoms with Crippen molar-refractivity contribution >= 4 is 27.4 Å². The number of nitrogens with two attached hydrogens (primary N) is 1. The Bertz CT molecular complexity index is 1050. The lowest BCUT2D eigenvalue weighted by Crippen LogP contribution is -2.15. The van der Waals surface area contributed by atoms with Gasteiger partial charge in [-0.25, -0.2) is 23.5 Å². The zero-order valence-electron chi connectivity index (χ0n) is 14.9. The monoisotopic (exact) mass is 397 g/mol. The zero-order chi connectivity index (χ0) is 20.0. The maximum Gasteiger partial charge on any atom is 0.274 e. The van der Waals surface area contributed by atoms with Crippen LogP contribution in [-0.2, 0) is 16.4 Å². The molecule has 144 valence electrons. The number of nitrogens with zero attached hydrogens (tertiary/aromatic N) is 2. The first-order chi connectivity index (χ1) is 13.4. The summed E-state index contributed by atoms with van der Waals surface area (Å²) in [4.78, 5) is 20.5. The quantitative estimate of drug-likeness (QED) is 0.560. The second kappa shape index (κ2) is 8.59. The molecule has 0 radical (unpaired) electrons. The second-order valence-corrected chi connectivity index (χ2v) is 7.54. The number of carbonyl (C=O) groups excluding carboxylic acids is 1. The number of hydrogen-bond acceptors (Lipinski definition) is 6. The van der Waals surface area contributed by atoms with E-state index in [2.05, 4.69) is 20.6 Å². The number of carbonyl (C=O) groups is 1. The fraction of sp³-hybridized carbons (Fsp3) is 0.105. The fourth-order valence-corrected chi connectivity index (χ4v) is 2.99. The number of amides is 1. The molecule has 8 nitrogen and oxygen atoms in total.